The van der Waals surface area contributed by atoms with Crippen LogP contribution in [0.1, 0.15) is 30.3 Å². The zero-order valence-electron chi connectivity index (χ0n) is 13.9. The smallest absolute Gasteiger partial charge is 0.294 e. The van der Waals surface area contributed by atoms with Crippen LogP contribution in [0.25, 0.3) is 5.69 Å². The first-order valence-corrected chi connectivity index (χ1v) is 8.09. The number of halogens is 1. The Morgan fingerprint density at radius 2 is 1.92 bits per heavy atom. The quantitative estimate of drug-likeness (QED) is 0.862. The lowest BCUT2D eigenvalue weighted by Crippen LogP contribution is -2.41. The molecule has 128 valence electrons. The summed E-state index contributed by atoms with van der Waals surface area (Å²) in [5, 5.41) is 7.56. The van der Waals surface area contributed by atoms with Crippen LogP contribution in [0.15, 0.2) is 24.3 Å². The minimum absolute atomic E-state index is 0.0162. The van der Waals surface area contributed by atoms with E-state index in [1.165, 1.54) is 4.90 Å². The van der Waals surface area contributed by atoms with Crippen molar-refractivity contribution in [2.45, 2.75) is 20.8 Å². The predicted molar refractivity (Wildman–Crippen MR) is 91.4 cm³/mol. The highest BCUT2D eigenvalue weighted by atomic mass is 35.5. The molecule has 1 aromatic heterocycles. The minimum atomic E-state index is -0.375. The Labute approximate surface area is 145 Å². The first-order valence-electron chi connectivity index (χ1n) is 7.71. The topological polar surface area (TPSA) is 80.1 Å². The Bertz CT molecular complexity index is 727. The zero-order chi connectivity index (χ0) is 17.7. The second kappa shape index (κ2) is 7.92. The molecule has 24 heavy (non-hydrogen) atoms. The molecule has 0 unspecified atom stereocenters. The summed E-state index contributed by atoms with van der Waals surface area (Å²) in [6, 6.07) is 7.08. The third-order valence-electron chi connectivity index (χ3n) is 3.41. The second-order valence-corrected chi connectivity index (χ2v) is 5.58. The number of hydrogen-bond acceptors (Lipinski definition) is 4. The van der Waals surface area contributed by atoms with Crippen molar-refractivity contribution in [1.29, 1.82) is 0 Å². The first-order chi connectivity index (χ1) is 11.5. The largest absolute Gasteiger partial charge is 0.355 e. The average molecular weight is 350 g/mol. The lowest BCUT2D eigenvalue weighted by molar-refractivity contribution is -0.121. The van der Waals surface area contributed by atoms with Crippen LogP contribution < -0.4 is 5.32 Å². The standard InChI is InChI=1S/C16H20ClN5O2/c1-4-18-14(23)10-21(5-2)16(24)15-19-11(3)22(20-15)13-8-6-12(17)7-9-13/h6-9H,4-5,10H2,1-3H3,(H,18,23). The van der Waals surface area contributed by atoms with Crippen molar-refractivity contribution in [1.82, 2.24) is 25.0 Å². The molecule has 0 radical (unpaired) electrons. The normalized spacial score (nSPS) is 10.5. The third kappa shape index (κ3) is 4.11. The van der Waals surface area contributed by atoms with Gasteiger partial charge in [-0.15, -0.1) is 5.10 Å². The number of carbonyl (C=O) groups is 2. The molecule has 2 rings (SSSR count). The summed E-state index contributed by atoms with van der Waals surface area (Å²) in [6.45, 7) is 6.29. The van der Waals surface area contributed by atoms with Crippen LogP contribution in [0, 0.1) is 6.92 Å². The van der Waals surface area contributed by atoms with Crippen LogP contribution in [-0.4, -0.2) is 51.1 Å². The number of likely N-dealkylation sites (N-methyl/N-ethyl adjacent to an activating group) is 2. The molecule has 0 aliphatic carbocycles. The summed E-state index contributed by atoms with van der Waals surface area (Å²) in [5.41, 5.74) is 0.759. The van der Waals surface area contributed by atoms with Gasteiger partial charge >= 0.3 is 0 Å². The van der Waals surface area contributed by atoms with Gasteiger partial charge in [0.05, 0.1) is 12.2 Å². The molecule has 8 heteroatoms. The lowest BCUT2D eigenvalue weighted by atomic mass is 10.3. The highest BCUT2D eigenvalue weighted by molar-refractivity contribution is 6.30. The monoisotopic (exact) mass is 349 g/mol. The SMILES string of the molecule is CCNC(=O)CN(CC)C(=O)c1nc(C)n(-c2ccc(Cl)cc2)n1. The molecular formula is C16H20ClN5O2. The number of nitrogens with one attached hydrogen (secondary N) is 1. The van der Waals surface area contributed by atoms with Gasteiger partial charge in [-0.3, -0.25) is 9.59 Å². The molecule has 0 atom stereocenters. The zero-order valence-corrected chi connectivity index (χ0v) is 14.7. The molecule has 0 spiro atoms. The van der Waals surface area contributed by atoms with Gasteiger partial charge in [-0.05, 0) is 45.0 Å². The number of aryl methyl sites for hydroxylation is 1. The van der Waals surface area contributed by atoms with Crippen molar-refractivity contribution in [2.75, 3.05) is 19.6 Å². The molecule has 2 aromatic rings. The number of benzene rings is 1. The second-order valence-electron chi connectivity index (χ2n) is 5.14. The van der Waals surface area contributed by atoms with E-state index in [4.69, 9.17) is 11.6 Å². The molecule has 1 N–H and O–H groups in total. The van der Waals surface area contributed by atoms with Gasteiger partial charge in [0.25, 0.3) is 5.91 Å². The number of aromatic nitrogens is 3. The molecule has 7 nitrogen and oxygen atoms in total. The van der Waals surface area contributed by atoms with Gasteiger partial charge in [-0.25, -0.2) is 9.67 Å². The van der Waals surface area contributed by atoms with Crippen molar-refractivity contribution in [3.63, 3.8) is 0 Å². The molecule has 0 aliphatic heterocycles. The first kappa shape index (κ1) is 17.9. The van der Waals surface area contributed by atoms with Gasteiger partial charge in [0.1, 0.15) is 5.82 Å². The summed E-state index contributed by atoms with van der Waals surface area (Å²) in [7, 11) is 0. The van der Waals surface area contributed by atoms with E-state index in [1.54, 1.807) is 42.8 Å². The summed E-state index contributed by atoms with van der Waals surface area (Å²) >= 11 is 5.89. The van der Waals surface area contributed by atoms with Crippen molar-refractivity contribution in [3.05, 3.63) is 40.9 Å². The Morgan fingerprint density at radius 1 is 1.25 bits per heavy atom. The highest BCUT2D eigenvalue weighted by Gasteiger charge is 2.22. The third-order valence-corrected chi connectivity index (χ3v) is 3.66. The molecule has 0 saturated carbocycles. The van der Waals surface area contributed by atoms with Crippen LogP contribution in [0.2, 0.25) is 5.02 Å². The Morgan fingerprint density at radius 3 is 2.50 bits per heavy atom. The van der Waals surface area contributed by atoms with E-state index in [2.05, 4.69) is 15.4 Å². The van der Waals surface area contributed by atoms with Crippen molar-refractivity contribution >= 4 is 23.4 Å². The summed E-state index contributed by atoms with van der Waals surface area (Å²) in [6.07, 6.45) is 0. The van der Waals surface area contributed by atoms with Gasteiger partial charge in [0.2, 0.25) is 11.7 Å². The summed E-state index contributed by atoms with van der Waals surface area (Å²) in [5.74, 6) is 0.0597. The molecule has 0 bridgehead atoms. The fourth-order valence-electron chi connectivity index (χ4n) is 2.20. The van der Waals surface area contributed by atoms with Gasteiger partial charge in [-0.2, -0.15) is 0 Å². The van der Waals surface area contributed by atoms with E-state index < -0.39 is 0 Å². The maximum absolute atomic E-state index is 12.6. The van der Waals surface area contributed by atoms with Crippen LogP contribution in [0.4, 0.5) is 0 Å². The lowest BCUT2D eigenvalue weighted by Gasteiger charge is -2.18. The van der Waals surface area contributed by atoms with E-state index in [9.17, 15) is 9.59 Å². The molecule has 1 aromatic carbocycles. The number of rotatable bonds is 6. The molecule has 2 amide bonds. The van der Waals surface area contributed by atoms with Gasteiger partial charge in [-0.1, -0.05) is 11.6 Å². The van der Waals surface area contributed by atoms with Crippen LogP contribution in [-0.2, 0) is 4.79 Å². The van der Waals surface area contributed by atoms with Crippen molar-refractivity contribution < 1.29 is 9.59 Å². The average Bonchev–Trinajstić information content (AvgIpc) is 2.95. The van der Waals surface area contributed by atoms with Crippen molar-refractivity contribution in [3.8, 4) is 5.69 Å². The Balaban J connectivity index is 2.22. The molecule has 0 aliphatic rings. The molecule has 0 saturated heterocycles. The minimum Gasteiger partial charge on any atom is -0.355 e. The fourth-order valence-corrected chi connectivity index (χ4v) is 2.33. The summed E-state index contributed by atoms with van der Waals surface area (Å²) < 4.78 is 1.57. The van der Waals surface area contributed by atoms with E-state index in [0.717, 1.165) is 5.69 Å². The van der Waals surface area contributed by atoms with Gasteiger partial charge < -0.3 is 10.2 Å². The number of nitrogens with zero attached hydrogens (tertiary/aromatic N) is 4. The summed E-state index contributed by atoms with van der Waals surface area (Å²) in [4.78, 5) is 29.9. The van der Waals surface area contributed by atoms with E-state index in [0.29, 0.717) is 23.9 Å². The maximum atomic E-state index is 12.6. The highest BCUT2D eigenvalue weighted by Crippen LogP contribution is 2.14. The van der Waals surface area contributed by atoms with Crippen LogP contribution >= 0.6 is 11.6 Å². The number of amides is 2. The maximum Gasteiger partial charge on any atom is 0.294 e. The van der Waals surface area contributed by atoms with Crippen molar-refractivity contribution in [2.24, 2.45) is 0 Å². The predicted octanol–water partition coefficient (Wildman–Crippen LogP) is 1.83. The number of carbonyl (C=O) groups excluding carboxylic acids is 2. The Hall–Kier alpha value is -2.41. The van der Waals surface area contributed by atoms with E-state index in [-0.39, 0.29) is 24.2 Å². The van der Waals surface area contributed by atoms with E-state index >= 15 is 0 Å². The number of hydrogen-bond donors (Lipinski definition) is 1. The van der Waals surface area contributed by atoms with E-state index in [1.807, 2.05) is 6.92 Å². The van der Waals surface area contributed by atoms with Crippen LogP contribution in [0.5, 0.6) is 0 Å². The Kier molecular flexibility index (Phi) is 5.92. The van der Waals surface area contributed by atoms with Gasteiger partial charge in [0.15, 0.2) is 0 Å². The molecule has 0 fully saturated rings. The van der Waals surface area contributed by atoms with Gasteiger partial charge in [0, 0.05) is 18.1 Å². The molecule has 1 heterocycles. The fraction of sp³-hybridized carbons (Fsp3) is 0.375. The van der Waals surface area contributed by atoms with Crippen LogP contribution in [0.3, 0.4) is 0 Å². The molecular weight excluding hydrogens is 330 g/mol.